The van der Waals surface area contributed by atoms with Crippen LogP contribution in [0.5, 0.6) is 0 Å². The number of rotatable bonds is 3. The van der Waals surface area contributed by atoms with Gasteiger partial charge in [0.05, 0.1) is 0 Å². The molecule has 1 aliphatic rings. The van der Waals surface area contributed by atoms with Crippen LogP contribution in [-0.4, -0.2) is 25.5 Å². The monoisotopic (exact) mass is 358 g/mol. The van der Waals surface area contributed by atoms with Crippen molar-refractivity contribution in [2.75, 3.05) is 19.6 Å². The average Bonchev–Trinajstić information content (AvgIpc) is 2.38. The SMILES string of the molecule is CC1(CNC(=O)c2ccc(I)cc2)CCNCC1. The van der Waals surface area contributed by atoms with Gasteiger partial charge in [-0.3, -0.25) is 4.79 Å². The lowest BCUT2D eigenvalue weighted by molar-refractivity contribution is 0.0922. The minimum absolute atomic E-state index is 0.0335. The molecule has 0 unspecified atom stereocenters. The Kier molecular flexibility index (Phi) is 4.61. The van der Waals surface area contributed by atoms with Crippen LogP contribution in [0.3, 0.4) is 0 Å². The molecule has 0 spiro atoms. The first-order valence-electron chi connectivity index (χ1n) is 6.34. The van der Waals surface area contributed by atoms with Gasteiger partial charge in [0.25, 0.3) is 5.91 Å². The molecule has 0 radical (unpaired) electrons. The van der Waals surface area contributed by atoms with E-state index in [9.17, 15) is 4.79 Å². The van der Waals surface area contributed by atoms with Crippen LogP contribution < -0.4 is 10.6 Å². The van der Waals surface area contributed by atoms with Crippen LogP contribution >= 0.6 is 22.6 Å². The number of halogens is 1. The van der Waals surface area contributed by atoms with Gasteiger partial charge in [0.1, 0.15) is 0 Å². The van der Waals surface area contributed by atoms with Crippen molar-refractivity contribution in [3.8, 4) is 0 Å². The average molecular weight is 358 g/mol. The summed E-state index contributed by atoms with van der Waals surface area (Å²) in [6.45, 7) is 5.12. The Morgan fingerprint density at radius 3 is 2.56 bits per heavy atom. The molecule has 1 saturated heterocycles. The molecular weight excluding hydrogens is 339 g/mol. The van der Waals surface area contributed by atoms with Gasteiger partial charge in [-0.25, -0.2) is 0 Å². The molecule has 0 aromatic heterocycles. The Morgan fingerprint density at radius 2 is 1.94 bits per heavy atom. The van der Waals surface area contributed by atoms with Gasteiger partial charge in [-0.15, -0.1) is 0 Å². The first kappa shape index (κ1) is 13.8. The maximum atomic E-state index is 12.0. The maximum absolute atomic E-state index is 12.0. The van der Waals surface area contributed by atoms with Crippen LogP contribution in [0.4, 0.5) is 0 Å². The van der Waals surface area contributed by atoms with Gasteiger partial charge in [0, 0.05) is 15.7 Å². The van der Waals surface area contributed by atoms with Crippen molar-refractivity contribution in [1.29, 1.82) is 0 Å². The molecule has 98 valence electrons. The molecule has 0 saturated carbocycles. The Bertz CT molecular complexity index is 410. The lowest BCUT2D eigenvalue weighted by atomic mass is 9.81. The number of hydrogen-bond acceptors (Lipinski definition) is 2. The van der Waals surface area contributed by atoms with Gasteiger partial charge < -0.3 is 10.6 Å². The number of nitrogens with one attached hydrogen (secondary N) is 2. The van der Waals surface area contributed by atoms with E-state index >= 15 is 0 Å². The molecule has 2 rings (SSSR count). The lowest BCUT2D eigenvalue weighted by Gasteiger charge is -2.34. The van der Waals surface area contributed by atoms with Crippen molar-refractivity contribution < 1.29 is 4.79 Å². The third-order valence-corrected chi connectivity index (χ3v) is 4.31. The summed E-state index contributed by atoms with van der Waals surface area (Å²) >= 11 is 2.24. The summed E-state index contributed by atoms with van der Waals surface area (Å²) in [4.78, 5) is 12.0. The smallest absolute Gasteiger partial charge is 0.251 e. The molecule has 1 aromatic carbocycles. The molecule has 1 aliphatic heterocycles. The highest BCUT2D eigenvalue weighted by Gasteiger charge is 2.27. The molecule has 0 bridgehead atoms. The lowest BCUT2D eigenvalue weighted by Crippen LogP contribution is -2.42. The number of benzene rings is 1. The topological polar surface area (TPSA) is 41.1 Å². The summed E-state index contributed by atoms with van der Waals surface area (Å²) in [5.74, 6) is 0.0335. The van der Waals surface area contributed by atoms with E-state index in [0.717, 1.165) is 41.6 Å². The summed E-state index contributed by atoms with van der Waals surface area (Å²) in [5, 5.41) is 6.41. The Labute approximate surface area is 122 Å². The largest absolute Gasteiger partial charge is 0.351 e. The second-order valence-corrected chi connectivity index (χ2v) is 6.50. The third-order valence-electron chi connectivity index (χ3n) is 3.59. The standard InChI is InChI=1S/C14H19IN2O/c1-14(6-8-16-9-7-14)10-17-13(18)11-2-4-12(15)5-3-11/h2-5,16H,6-10H2,1H3,(H,17,18). The maximum Gasteiger partial charge on any atom is 0.251 e. The fourth-order valence-corrected chi connectivity index (χ4v) is 2.56. The predicted octanol–water partition coefficient (Wildman–Crippen LogP) is 2.41. The molecule has 4 heteroatoms. The molecule has 0 atom stereocenters. The van der Waals surface area contributed by atoms with Crippen LogP contribution in [0.1, 0.15) is 30.1 Å². The zero-order valence-corrected chi connectivity index (χ0v) is 12.8. The zero-order valence-electron chi connectivity index (χ0n) is 10.6. The molecule has 1 fully saturated rings. The first-order chi connectivity index (χ1) is 8.59. The Morgan fingerprint density at radius 1 is 1.33 bits per heavy atom. The highest BCUT2D eigenvalue weighted by atomic mass is 127. The quantitative estimate of drug-likeness (QED) is 0.815. The minimum atomic E-state index is 0.0335. The minimum Gasteiger partial charge on any atom is -0.351 e. The van der Waals surface area contributed by atoms with Crippen molar-refractivity contribution in [3.05, 3.63) is 33.4 Å². The van der Waals surface area contributed by atoms with Gasteiger partial charge in [0.15, 0.2) is 0 Å². The van der Waals surface area contributed by atoms with Crippen LogP contribution in [0.25, 0.3) is 0 Å². The fourth-order valence-electron chi connectivity index (χ4n) is 2.20. The van der Waals surface area contributed by atoms with Gasteiger partial charge in [0.2, 0.25) is 0 Å². The molecule has 2 N–H and O–H groups in total. The highest BCUT2D eigenvalue weighted by molar-refractivity contribution is 14.1. The zero-order chi connectivity index (χ0) is 13.0. The van der Waals surface area contributed by atoms with E-state index in [2.05, 4.69) is 40.1 Å². The second-order valence-electron chi connectivity index (χ2n) is 5.25. The number of hydrogen-bond donors (Lipinski definition) is 2. The molecule has 1 amide bonds. The van der Waals surface area contributed by atoms with E-state index in [1.807, 2.05) is 24.3 Å². The fraction of sp³-hybridized carbons (Fsp3) is 0.500. The summed E-state index contributed by atoms with van der Waals surface area (Å²) in [5.41, 5.74) is 0.984. The summed E-state index contributed by atoms with van der Waals surface area (Å²) in [7, 11) is 0. The van der Waals surface area contributed by atoms with Crippen LogP contribution in [0, 0.1) is 8.99 Å². The van der Waals surface area contributed by atoms with E-state index < -0.39 is 0 Å². The molecule has 0 aliphatic carbocycles. The predicted molar refractivity (Wildman–Crippen MR) is 81.7 cm³/mol. The van der Waals surface area contributed by atoms with Crippen molar-refractivity contribution in [2.24, 2.45) is 5.41 Å². The second kappa shape index (κ2) is 6.02. The van der Waals surface area contributed by atoms with Crippen LogP contribution in [0.2, 0.25) is 0 Å². The van der Waals surface area contributed by atoms with Gasteiger partial charge in [-0.05, 0) is 78.2 Å². The third kappa shape index (κ3) is 3.68. The van der Waals surface area contributed by atoms with Crippen LogP contribution in [-0.2, 0) is 0 Å². The number of amides is 1. The molecule has 18 heavy (non-hydrogen) atoms. The molecule has 3 nitrogen and oxygen atoms in total. The summed E-state index contributed by atoms with van der Waals surface area (Å²) in [6, 6.07) is 7.67. The summed E-state index contributed by atoms with van der Waals surface area (Å²) in [6.07, 6.45) is 2.25. The normalized spacial score (nSPS) is 18.3. The van der Waals surface area contributed by atoms with Crippen molar-refractivity contribution in [1.82, 2.24) is 10.6 Å². The van der Waals surface area contributed by atoms with E-state index in [1.165, 1.54) is 0 Å². The molecule has 1 aromatic rings. The molecular formula is C14H19IN2O. The van der Waals surface area contributed by atoms with E-state index in [4.69, 9.17) is 0 Å². The molecule has 1 heterocycles. The van der Waals surface area contributed by atoms with Crippen molar-refractivity contribution >= 4 is 28.5 Å². The van der Waals surface area contributed by atoms with Gasteiger partial charge in [-0.2, -0.15) is 0 Å². The number of piperidine rings is 1. The number of carbonyl (C=O) groups is 1. The van der Waals surface area contributed by atoms with Crippen molar-refractivity contribution in [3.63, 3.8) is 0 Å². The summed E-state index contributed by atoms with van der Waals surface area (Å²) < 4.78 is 1.15. The van der Waals surface area contributed by atoms with Crippen LogP contribution in [0.15, 0.2) is 24.3 Å². The van der Waals surface area contributed by atoms with E-state index in [1.54, 1.807) is 0 Å². The van der Waals surface area contributed by atoms with E-state index in [-0.39, 0.29) is 11.3 Å². The highest BCUT2D eigenvalue weighted by Crippen LogP contribution is 2.26. The van der Waals surface area contributed by atoms with Gasteiger partial charge >= 0.3 is 0 Å². The first-order valence-corrected chi connectivity index (χ1v) is 7.41. The Hall–Kier alpha value is -0.620. The number of carbonyl (C=O) groups excluding carboxylic acids is 1. The van der Waals surface area contributed by atoms with Crippen molar-refractivity contribution in [2.45, 2.75) is 19.8 Å². The Balaban J connectivity index is 1.89. The van der Waals surface area contributed by atoms with Gasteiger partial charge in [-0.1, -0.05) is 6.92 Å². The van der Waals surface area contributed by atoms with E-state index in [0.29, 0.717) is 0 Å².